The number of carbonyl (C=O) groups excluding carboxylic acids is 3. The predicted molar refractivity (Wildman–Crippen MR) is 123 cm³/mol. The van der Waals surface area contributed by atoms with Crippen molar-refractivity contribution in [2.24, 2.45) is 11.8 Å². The molecule has 7 nitrogen and oxygen atoms in total. The van der Waals surface area contributed by atoms with Gasteiger partial charge < -0.3 is 19.6 Å². The van der Waals surface area contributed by atoms with Crippen LogP contribution in [0.3, 0.4) is 0 Å². The number of fused-ring (bicyclic) bond motifs is 1. The normalized spacial score (nSPS) is 36.3. The molecule has 1 spiro atoms. The van der Waals surface area contributed by atoms with Crippen LogP contribution in [0.2, 0.25) is 0 Å². The molecule has 4 fully saturated rings. The monoisotopic (exact) mass is 464 g/mol. The summed E-state index contributed by atoms with van der Waals surface area (Å²) in [6, 6.07) is -0.517. The van der Waals surface area contributed by atoms with E-state index in [1.807, 2.05) is 11.8 Å². The number of β-amino-alcohol motifs (C(OH)–C–C–N with tert-alkyl or cyclic N) is 1. The van der Waals surface area contributed by atoms with Crippen LogP contribution < -0.4 is 0 Å². The lowest BCUT2D eigenvalue weighted by molar-refractivity contribution is -0.155. The fourth-order valence-electron chi connectivity index (χ4n) is 6.75. The van der Waals surface area contributed by atoms with E-state index < -0.39 is 27.4 Å². The number of likely N-dealkylation sites (tertiary alicyclic amines) is 1. The molecule has 3 aliphatic heterocycles. The van der Waals surface area contributed by atoms with Crippen molar-refractivity contribution in [1.82, 2.24) is 9.80 Å². The molecule has 0 radical (unpaired) electrons. The van der Waals surface area contributed by atoms with Crippen molar-refractivity contribution < 1.29 is 24.2 Å². The second-order valence-corrected chi connectivity index (χ2v) is 11.7. The summed E-state index contributed by atoms with van der Waals surface area (Å²) >= 11 is 1.65. The molecule has 0 aromatic carbocycles. The summed E-state index contributed by atoms with van der Waals surface area (Å²) in [5.74, 6) is -1.72. The average Bonchev–Trinajstić information content (AvgIpc) is 3.34. The van der Waals surface area contributed by atoms with Crippen molar-refractivity contribution in [2.45, 2.75) is 80.4 Å². The Hall–Kier alpha value is -1.54. The topological polar surface area (TPSA) is 87.2 Å². The number of hydrogen-bond donors (Lipinski definition) is 1. The highest BCUT2D eigenvalue weighted by atomic mass is 32.2. The summed E-state index contributed by atoms with van der Waals surface area (Å²) in [6.45, 7) is 8.29. The minimum atomic E-state index is -0.666. The van der Waals surface area contributed by atoms with Gasteiger partial charge in [-0.25, -0.2) is 0 Å². The van der Waals surface area contributed by atoms with Crippen LogP contribution in [-0.4, -0.2) is 80.6 Å². The lowest BCUT2D eigenvalue weighted by Crippen LogP contribution is -2.57. The SMILES string of the molecule is C=CCN(C(=O)C1N(CCO)C(=O)[C@@H]2[C@H](C(=O)OCC)[C@]3(C)CCC12S3)C1CCCCC1. The highest BCUT2D eigenvalue weighted by Gasteiger charge is 2.77. The van der Waals surface area contributed by atoms with E-state index >= 15 is 0 Å². The third-order valence-electron chi connectivity index (χ3n) is 8.02. The van der Waals surface area contributed by atoms with Crippen LogP contribution in [0.5, 0.6) is 0 Å². The summed E-state index contributed by atoms with van der Waals surface area (Å²) in [7, 11) is 0. The Balaban J connectivity index is 1.73. The number of ether oxygens (including phenoxy) is 1. The van der Waals surface area contributed by atoms with Crippen molar-refractivity contribution in [1.29, 1.82) is 0 Å². The van der Waals surface area contributed by atoms with E-state index in [4.69, 9.17) is 4.74 Å². The molecule has 5 atom stereocenters. The molecule has 178 valence electrons. The Morgan fingerprint density at radius 2 is 2.03 bits per heavy atom. The van der Waals surface area contributed by atoms with E-state index in [0.29, 0.717) is 13.0 Å². The smallest absolute Gasteiger partial charge is 0.311 e. The van der Waals surface area contributed by atoms with Crippen LogP contribution in [0.1, 0.15) is 58.8 Å². The van der Waals surface area contributed by atoms with Gasteiger partial charge in [-0.3, -0.25) is 14.4 Å². The van der Waals surface area contributed by atoms with E-state index in [9.17, 15) is 19.5 Å². The van der Waals surface area contributed by atoms with Crippen LogP contribution in [0, 0.1) is 11.8 Å². The van der Waals surface area contributed by atoms with Gasteiger partial charge in [0.15, 0.2) is 0 Å². The van der Waals surface area contributed by atoms with Crippen LogP contribution in [0.25, 0.3) is 0 Å². The number of rotatable bonds is 8. The third kappa shape index (κ3) is 3.49. The summed E-state index contributed by atoms with van der Waals surface area (Å²) in [5, 5.41) is 9.74. The largest absolute Gasteiger partial charge is 0.466 e. The number of hydrogen-bond acceptors (Lipinski definition) is 6. The maximum Gasteiger partial charge on any atom is 0.311 e. The van der Waals surface area contributed by atoms with E-state index in [-0.39, 0.29) is 43.6 Å². The van der Waals surface area contributed by atoms with Gasteiger partial charge in [0, 0.05) is 23.9 Å². The number of thioether (sulfide) groups is 1. The van der Waals surface area contributed by atoms with Gasteiger partial charge in [-0.1, -0.05) is 25.3 Å². The molecule has 1 aliphatic carbocycles. The molecule has 32 heavy (non-hydrogen) atoms. The van der Waals surface area contributed by atoms with Crippen LogP contribution in [0.4, 0.5) is 0 Å². The Morgan fingerprint density at radius 1 is 1.31 bits per heavy atom. The molecule has 2 amide bonds. The fourth-order valence-corrected chi connectivity index (χ4v) is 9.09. The second kappa shape index (κ2) is 9.01. The predicted octanol–water partition coefficient (Wildman–Crippen LogP) is 2.37. The zero-order chi connectivity index (χ0) is 23.1. The molecular formula is C24H36N2O5S. The van der Waals surface area contributed by atoms with E-state index in [0.717, 1.165) is 32.1 Å². The zero-order valence-electron chi connectivity index (χ0n) is 19.3. The van der Waals surface area contributed by atoms with Gasteiger partial charge in [-0.05, 0) is 39.5 Å². The van der Waals surface area contributed by atoms with Crippen molar-refractivity contribution >= 4 is 29.5 Å². The Bertz CT molecular complexity index is 784. The zero-order valence-corrected chi connectivity index (χ0v) is 20.1. The highest BCUT2D eigenvalue weighted by Crippen LogP contribution is 2.71. The number of carbonyl (C=O) groups is 3. The Morgan fingerprint density at radius 3 is 2.66 bits per heavy atom. The molecule has 3 saturated heterocycles. The molecule has 2 unspecified atom stereocenters. The van der Waals surface area contributed by atoms with E-state index in [1.165, 1.54) is 6.42 Å². The molecule has 8 heteroatoms. The molecule has 1 saturated carbocycles. The van der Waals surface area contributed by atoms with Crippen LogP contribution >= 0.6 is 11.8 Å². The maximum absolute atomic E-state index is 14.2. The number of aliphatic hydroxyl groups is 1. The van der Waals surface area contributed by atoms with Crippen molar-refractivity contribution in [3.05, 3.63) is 12.7 Å². The number of nitrogens with zero attached hydrogens (tertiary/aromatic N) is 2. The van der Waals surface area contributed by atoms with E-state index in [1.54, 1.807) is 29.7 Å². The Labute approximate surface area is 194 Å². The highest BCUT2D eigenvalue weighted by molar-refractivity contribution is 8.02. The minimum Gasteiger partial charge on any atom is -0.466 e. The average molecular weight is 465 g/mol. The first-order valence-corrected chi connectivity index (χ1v) is 12.9. The number of esters is 1. The first-order chi connectivity index (χ1) is 15.3. The first kappa shape index (κ1) is 23.6. The first-order valence-electron chi connectivity index (χ1n) is 12.0. The van der Waals surface area contributed by atoms with Gasteiger partial charge in [-0.15, -0.1) is 18.3 Å². The van der Waals surface area contributed by atoms with Crippen molar-refractivity contribution in [2.75, 3.05) is 26.3 Å². The summed E-state index contributed by atoms with van der Waals surface area (Å²) in [5.41, 5.74) is 0. The number of amides is 2. The molecule has 3 heterocycles. The van der Waals surface area contributed by atoms with Gasteiger partial charge in [0.2, 0.25) is 11.8 Å². The van der Waals surface area contributed by atoms with Gasteiger partial charge in [0.05, 0.1) is 29.8 Å². The quantitative estimate of drug-likeness (QED) is 0.438. The molecule has 2 bridgehead atoms. The molecule has 4 rings (SSSR count). The van der Waals surface area contributed by atoms with Gasteiger partial charge in [0.25, 0.3) is 0 Å². The molecule has 0 aromatic heterocycles. The summed E-state index contributed by atoms with van der Waals surface area (Å²) < 4.78 is 4.33. The van der Waals surface area contributed by atoms with Gasteiger partial charge >= 0.3 is 5.97 Å². The van der Waals surface area contributed by atoms with Gasteiger partial charge in [-0.2, -0.15) is 0 Å². The maximum atomic E-state index is 14.2. The van der Waals surface area contributed by atoms with Gasteiger partial charge in [0.1, 0.15) is 6.04 Å². The molecule has 1 N–H and O–H groups in total. The van der Waals surface area contributed by atoms with Crippen molar-refractivity contribution in [3.8, 4) is 0 Å². The molecule has 0 aromatic rings. The summed E-state index contributed by atoms with van der Waals surface area (Å²) in [6.07, 6.45) is 8.56. The standard InChI is InChI=1S/C24H36N2O5S/c1-4-13-25(16-9-7-6-8-10-16)21(29)19-24-12-11-23(3,32-24)18(22(30)31-5-2)17(24)20(28)26(19)14-15-27/h4,16-19,27H,1,5-15H2,2-3H3/t17-,18+,19?,23-,24?/m0/s1. The van der Waals surface area contributed by atoms with Crippen LogP contribution in [-0.2, 0) is 19.1 Å². The second-order valence-electron chi connectivity index (χ2n) is 9.81. The lowest BCUT2D eigenvalue weighted by Gasteiger charge is -2.41. The van der Waals surface area contributed by atoms with E-state index in [2.05, 4.69) is 6.58 Å². The van der Waals surface area contributed by atoms with Crippen molar-refractivity contribution in [3.63, 3.8) is 0 Å². The molecule has 4 aliphatic rings. The van der Waals surface area contributed by atoms with Crippen LogP contribution in [0.15, 0.2) is 12.7 Å². The third-order valence-corrected chi connectivity index (χ3v) is 10.0. The number of aliphatic hydroxyl groups excluding tert-OH is 1. The lowest BCUT2D eigenvalue weighted by atomic mass is 9.66. The summed E-state index contributed by atoms with van der Waals surface area (Å²) in [4.78, 5) is 44.3. The fraction of sp³-hybridized carbons (Fsp3) is 0.792. The minimum absolute atomic E-state index is 0.0534. The Kier molecular flexibility index (Phi) is 6.65. The molecular weight excluding hydrogens is 428 g/mol.